The summed E-state index contributed by atoms with van der Waals surface area (Å²) in [5.41, 5.74) is 2.12. The quantitative estimate of drug-likeness (QED) is 0.299. The highest BCUT2D eigenvalue weighted by molar-refractivity contribution is 9.14. The summed E-state index contributed by atoms with van der Waals surface area (Å²) in [5.74, 6) is 0. The van der Waals surface area contributed by atoms with Gasteiger partial charge in [-0.3, -0.25) is 3.93 Å². The van der Waals surface area contributed by atoms with Crippen LogP contribution in [0.15, 0.2) is 55.9 Å². The van der Waals surface area contributed by atoms with E-state index in [1.165, 1.54) is 0 Å². The predicted molar refractivity (Wildman–Crippen MR) is 95.9 cm³/mol. The van der Waals surface area contributed by atoms with Crippen molar-refractivity contribution in [3.63, 3.8) is 0 Å². The molecule has 0 radical (unpaired) electrons. The number of para-hydroxylation sites is 1. The molecule has 0 aliphatic carbocycles. The number of nitrogens with zero attached hydrogens (tertiary/aromatic N) is 1. The van der Waals surface area contributed by atoms with Crippen molar-refractivity contribution >= 4 is 75.3 Å². The summed E-state index contributed by atoms with van der Waals surface area (Å²) < 4.78 is 4.96. The monoisotopic (exact) mass is 510 g/mol. The van der Waals surface area contributed by atoms with Gasteiger partial charge in [0.15, 0.2) is 0 Å². The molecule has 0 fully saturated rings. The van der Waals surface area contributed by atoms with Gasteiger partial charge in [-0.15, -0.1) is 0 Å². The molecule has 0 saturated heterocycles. The van der Waals surface area contributed by atoms with Crippen LogP contribution < -0.4 is 9.24 Å². The zero-order valence-corrected chi connectivity index (χ0v) is 16.1. The topological polar surface area (TPSA) is 15.3 Å². The normalized spacial score (nSPS) is 10.3. The van der Waals surface area contributed by atoms with Crippen LogP contribution in [0, 0.1) is 0 Å². The Morgan fingerprint density at radius 2 is 1.58 bits per heavy atom. The Morgan fingerprint density at radius 3 is 2.26 bits per heavy atom. The Kier molecular flexibility index (Phi) is 5.74. The smallest absolute Gasteiger partial charge is 0.0986 e. The van der Waals surface area contributed by atoms with Gasteiger partial charge in [-0.05, 0) is 72.1 Å². The van der Waals surface area contributed by atoms with Crippen LogP contribution in [-0.2, 0) is 0 Å². The lowest BCUT2D eigenvalue weighted by atomic mass is 10.3. The van der Waals surface area contributed by atoms with Crippen LogP contribution in [0.25, 0.3) is 0 Å². The lowest BCUT2D eigenvalue weighted by Gasteiger charge is -2.20. The fourth-order valence-corrected chi connectivity index (χ4v) is 3.66. The van der Waals surface area contributed by atoms with Crippen LogP contribution in [0.3, 0.4) is 0 Å². The predicted octanol–water partition coefficient (Wildman–Crippen LogP) is 6.16. The minimum absolute atomic E-state index is 0.649. The van der Waals surface area contributed by atoms with E-state index in [0.717, 1.165) is 24.8 Å². The molecule has 1 N–H and O–H groups in total. The summed E-state index contributed by atoms with van der Waals surface area (Å²) in [4.78, 5) is 0. The molecule has 0 heterocycles. The average Bonchev–Trinajstić information content (AvgIpc) is 2.43. The third-order valence-corrected chi connectivity index (χ3v) is 6.46. The molecule has 0 aliphatic rings. The molecular formula is C13H10Br4N2. The van der Waals surface area contributed by atoms with E-state index in [2.05, 4.69) is 69.3 Å². The Bertz CT molecular complexity index is 560. The first kappa shape index (κ1) is 15.4. The third kappa shape index (κ3) is 3.97. The maximum absolute atomic E-state index is 3.58. The van der Waals surface area contributed by atoms with Gasteiger partial charge in [-0.1, -0.05) is 18.2 Å². The first-order chi connectivity index (χ1) is 9.09. The molecule has 6 heteroatoms. The first-order valence-electron chi connectivity index (χ1n) is 5.45. The fourth-order valence-electron chi connectivity index (χ4n) is 1.50. The van der Waals surface area contributed by atoms with Gasteiger partial charge in [0.2, 0.25) is 0 Å². The van der Waals surface area contributed by atoms with Crippen molar-refractivity contribution in [3.05, 3.63) is 55.9 Å². The third-order valence-electron chi connectivity index (χ3n) is 2.47. The van der Waals surface area contributed by atoms with Gasteiger partial charge in [0.25, 0.3) is 0 Å². The Hall–Kier alpha value is -0.0400. The van der Waals surface area contributed by atoms with Gasteiger partial charge < -0.3 is 5.32 Å². The van der Waals surface area contributed by atoms with E-state index in [9.17, 15) is 0 Å². The van der Waals surface area contributed by atoms with Crippen molar-refractivity contribution in [1.29, 1.82) is 0 Å². The van der Waals surface area contributed by atoms with Crippen LogP contribution in [0.1, 0.15) is 0 Å². The van der Waals surface area contributed by atoms with Crippen molar-refractivity contribution in [1.82, 2.24) is 0 Å². The number of benzene rings is 2. The van der Waals surface area contributed by atoms with Gasteiger partial charge in [-0.25, -0.2) is 0 Å². The molecule has 2 nitrogen and oxygen atoms in total. The summed E-state index contributed by atoms with van der Waals surface area (Å²) in [5, 5.41) is 3.34. The largest absolute Gasteiger partial charge is 0.367 e. The highest BCUT2D eigenvalue weighted by atomic mass is 79.9. The van der Waals surface area contributed by atoms with Crippen LogP contribution in [0.2, 0.25) is 0 Å². The van der Waals surface area contributed by atoms with E-state index in [-0.39, 0.29) is 0 Å². The number of anilines is 2. The summed E-state index contributed by atoms with van der Waals surface area (Å²) >= 11 is 14.2. The summed E-state index contributed by atoms with van der Waals surface area (Å²) in [7, 11) is 0. The van der Waals surface area contributed by atoms with Crippen LogP contribution in [-0.4, -0.2) is 6.67 Å². The minimum atomic E-state index is 0.649. The van der Waals surface area contributed by atoms with Crippen molar-refractivity contribution in [2.75, 3.05) is 15.9 Å². The van der Waals surface area contributed by atoms with E-state index < -0.39 is 0 Å². The number of nitrogens with one attached hydrogen (secondary N) is 1. The molecular weight excluding hydrogens is 504 g/mol. The van der Waals surface area contributed by atoms with Crippen molar-refractivity contribution < 1.29 is 0 Å². The van der Waals surface area contributed by atoms with E-state index in [4.69, 9.17) is 0 Å². The Labute approximate surface area is 146 Å². The molecule has 0 amide bonds. The number of halogens is 4. The van der Waals surface area contributed by atoms with Gasteiger partial charge >= 0.3 is 0 Å². The van der Waals surface area contributed by atoms with E-state index in [0.29, 0.717) is 6.67 Å². The average molecular weight is 514 g/mol. The van der Waals surface area contributed by atoms with Gasteiger partial charge in [0, 0.05) is 14.6 Å². The molecule has 2 aromatic rings. The van der Waals surface area contributed by atoms with Crippen molar-refractivity contribution in [2.24, 2.45) is 0 Å². The SMILES string of the molecule is Brc1ccc(N(Br)CNc2ccccc2)c(Br)c1Br. The Balaban J connectivity index is 2.08. The van der Waals surface area contributed by atoms with Gasteiger partial charge in [-0.2, -0.15) is 0 Å². The molecule has 0 unspecified atom stereocenters. The highest BCUT2D eigenvalue weighted by Gasteiger charge is 2.12. The second-order valence-corrected chi connectivity index (χ2v) is 7.05. The van der Waals surface area contributed by atoms with Crippen molar-refractivity contribution in [2.45, 2.75) is 0 Å². The van der Waals surface area contributed by atoms with E-state index >= 15 is 0 Å². The molecule has 0 atom stereocenters. The number of hydrogen-bond donors (Lipinski definition) is 1. The molecule has 2 rings (SSSR count). The maximum Gasteiger partial charge on any atom is 0.0986 e. The summed E-state index contributed by atoms with van der Waals surface area (Å²) in [6.45, 7) is 0.649. The van der Waals surface area contributed by atoms with Gasteiger partial charge in [0.05, 0.1) is 33.0 Å². The summed E-state index contributed by atoms with van der Waals surface area (Å²) in [6, 6.07) is 14.1. The first-order valence-corrected chi connectivity index (χ1v) is 8.54. The zero-order valence-electron chi connectivity index (χ0n) is 9.71. The standard InChI is InChI=1S/C13H10Br4N2/c14-10-6-7-11(13(16)12(10)15)19(17)8-18-9-4-2-1-3-5-9/h1-7,18H,8H2. The number of rotatable bonds is 4. The fraction of sp³-hybridized carbons (Fsp3) is 0.0769. The van der Waals surface area contributed by atoms with E-state index in [1.54, 1.807) is 0 Å². The van der Waals surface area contributed by atoms with Gasteiger partial charge in [0.1, 0.15) is 0 Å². The zero-order chi connectivity index (χ0) is 13.8. The van der Waals surface area contributed by atoms with Crippen LogP contribution in [0.4, 0.5) is 11.4 Å². The molecule has 0 saturated carbocycles. The molecule has 19 heavy (non-hydrogen) atoms. The molecule has 0 bridgehead atoms. The highest BCUT2D eigenvalue weighted by Crippen LogP contribution is 2.39. The molecule has 0 aliphatic heterocycles. The molecule has 2 aromatic carbocycles. The second kappa shape index (κ2) is 7.11. The minimum Gasteiger partial charge on any atom is -0.367 e. The van der Waals surface area contributed by atoms with Crippen LogP contribution >= 0.6 is 63.9 Å². The second-order valence-electron chi connectivity index (χ2n) is 3.76. The Morgan fingerprint density at radius 1 is 0.895 bits per heavy atom. The lowest BCUT2D eigenvalue weighted by Crippen LogP contribution is -2.19. The maximum atomic E-state index is 3.58. The molecule has 0 spiro atoms. The summed E-state index contributed by atoms with van der Waals surface area (Å²) in [6.07, 6.45) is 0. The number of hydrogen-bond acceptors (Lipinski definition) is 2. The van der Waals surface area contributed by atoms with E-state index in [1.807, 2.05) is 46.4 Å². The molecule has 0 aromatic heterocycles. The molecule has 100 valence electrons. The lowest BCUT2D eigenvalue weighted by molar-refractivity contribution is 1.13. The van der Waals surface area contributed by atoms with Crippen LogP contribution in [0.5, 0.6) is 0 Å². The van der Waals surface area contributed by atoms with Crippen molar-refractivity contribution in [3.8, 4) is 0 Å².